The minimum atomic E-state index is -0.301. The quantitative estimate of drug-likeness (QED) is 0.285. The third-order valence-electron chi connectivity index (χ3n) is 6.99. The number of benzene rings is 1. The Kier molecular flexibility index (Phi) is 9.43. The van der Waals surface area contributed by atoms with Gasteiger partial charge in [0.1, 0.15) is 0 Å². The van der Waals surface area contributed by atoms with Crippen LogP contribution in [-0.4, -0.2) is 62.9 Å². The van der Waals surface area contributed by atoms with E-state index in [1.807, 2.05) is 13.0 Å². The Morgan fingerprint density at radius 1 is 1.28 bits per heavy atom. The van der Waals surface area contributed by atoms with Gasteiger partial charge >= 0.3 is 0 Å². The molecule has 1 atom stereocenters. The lowest BCUT2D eigenvalue weighted by Crippen LogP contribution is -2.58. The topological polar surface area (TPSA) is 58.1 Å². The number of rotatable bonds is 8. The first-order valence-electron chi connectivity index (χ1n) is 11.8. The largest absolute Gasteiger partial charge is 0.490 e. The molecule has 2 heterocycles. The number of ether oxygens (including phenoxy) is 2. The van der Waals surface area contributed by atoms with Gasteiger partial charge in [-0.3, -0.25) is 9.89 Å². The molecule has 3 aliphatic rings. The number of hydrogen-bond acceptors (Lipinski definition) is 4. The van der Waals surface area contributed by atoms with Crippen molar-refractivity contribution in [2.45, 2.75) is 57.0 Å². The highest BCUT2D eigenvalue weighted by molar-refractivity contribution is 14.0. The Hall–Kier alpha value is -1.13. The van der Waals surface area contributed by atoms with Gasteiger partial charge in [0.2, 0.25) is 0 Å². The summed E-state index contributed by atoms with van der Waals surface area (Å²) in [6.45, 7) is 7.44. The molecule has 1 aromatic rings. The van der Waals surface area contributed by atoms with Crippen LogP contribution >= 0.6 is 24.0 Å². The van der Waals surface area contributed by atoms with Crippen LogP contribution < -0.4 is 15.4 Å². The van der Waals surface area contributed by atoms with Crippen molar-refractivity contribution >= 4 is 29.9 Å². The van der Waals surface area contributed by atoms with E-state index in [1.54, 1.807) is 19.2 Å². The number of halogens is 2. The second kappa shape index (κ2) is 11.8. The molecule has 2 aliphatic heterocycles. The molecule has 32 heavy (non-hydrogen) atoms. The normalized spacial score (nSPS) is 22.2. The molecular formula is C24H38FIN4O2. The Morgan fingerprint density at radius 3 is 2.62 bits per heavy atom. The summed E-state index contributed by atoms with van der Waals surface area (Å²) >= 11 is 0. The molecule has 0 spiro atoms. The minimum absolute atomic E-state index is 0. The van der Waals surface area contributed by atoms with E-state index in [1.165, 1.54) is 38.8 Å². The van der Waals surface area contributed by atoms with Gasteiger partial charge in [0.05, 0.1) is 12.6 Å². The Morgan fingerprint density at radius 2 is 2.00 bits per heavy atom. The highest BCUT2D eigenvalue weighted by Crippen LogP contribution is 2.32. The summed E-state index contributed by atoms with van der Waals surface area (Å²) in [5, 5.41) is 6.97. The van der Waals surface area contributed by atoms with Crippen LogP contribution in [0.3, 0.4) is 0 Å². The van der Waals surface area contributed by atoms with Crippen molar-refractivity contribution in [1.82, 2.24) is 15.5 Å². The van der Waals surface area contributed by atoms with Crippen LogP contribution in [-0.2, 0) is 4.74 Å². The molecule has 1 aromatic carbocycles. The smallest absolute Gasteiger partial charge is 0.191 e. The monoisotopic (exact) mass is 560 g/mol. The fraction of sp³-hybridized carbons (Fsp3) is 0.708. The van der Waals surface area contributed by atoms with Crippen LogP contribution in [0.4, 0.5) is 4.39 Å². The van der Waals surface area contributed by atoms with Gasteiger partial charge in [-0.1, -0.05) is 6.07 Å². The van der Waals surface area contributed by atoms with E-state index in [-0.39, 0.29) is 41.4 Å². The van der Waals surface area contributed by atoms with Crippen LogP contribution in [0.5, 0.6) is 5.75 Å². The molecule has 3 fully saturated rings. The van der Waals surface area contributed by atoms with Gasteiger partial charge in [-0.05, 0) is 82.2 Å². The summed E-state index contributed by atoms with van der Waals surface area (Å²) in [5.41, 5.74) is 1.00. The lowest BCUT2D eigenvalue weighted by atomic mass is 9.88. The predicted octanol–water partition coefficient (Wildman–Crippen LogP) is 4.10. The molecule has 0 amide bonds. The third kappa shape index (κ3) is 6.47. The number of guanidine groups is 1. The number of hydrogen-bond donors (Lipinski definition) is 2. The summed E-state index contributed by atoms with van der Waals surface area (Å²) in [6.07, 6.45) is 7.02. The van der Waals surface area contributed by atoms with E-state index >= 15 is 0 Å². The lowest BCUT2D eigenvalue weighted by Gasteiger charge is -2.45. The van der Waals surface area contributed by atoms with Gasteiger partial charge in [0, 0.05) is 32.3 Å². The molecule has 4 rings (SSSR count). The van der Waals surface area contributed by atoms with Crippen molar-refractivity contribution in [3.8, 4) is 5.75 Å². The average molecular weight is 560 g/mol. The maximum Gasteiger partial charge on any atom is 0.191 e. The predicted molar refractivity (Wildman–Crippen MR) is 137 cm³/mol. The minimum Gasteiger partial charge on any atom is -0.490 e. The van der Waals surface area contributed by atoms with Crippen LogP contribution in [0.2, 0.25) is 0 Å². The van der Waals surface area contributed by atoms with Crippen molar-refractivity contribution in [1.29, 1.82) is 0 Å². The van der Waals surface area contributed by atoms with Gasteiger partial charge in [-0.2, -0.15) is 0 Å². The number of nitrogens with zero attached hydrogens (tertiary/aromatic N) is 2. The summed E-state index contributed by atoms with van der Waals surface area (Å²) < 4.78 is 25.8. The summed E-state index contributed by atoms with van der Waals surface area (Å²) in [5.74, 6) is 1.39. The highest BCUT2D eigenvalue weighted by Gasteiger charge is 2.39. The molecule has 1 saturated carbocycles. The zero-order valence-corrected chi connectivity index (χ0v) is 21.7. The molecule has 6 nitrogen and oxygen atoms in total. The Bertz CT molecular complexity index is 762. The third-order valence-corrected chi connectivity index (χ3v) is 6.99. The fourth-order valence-electron chi connectivity index (χ4n) is 4.67. The summed E-state index contributed by atoms with van der Waals surface area (Å²) in [7, 11) is 1.78. The van der Waals surface area contributed by atoms with Crippen LogP contribution in [0.25, 0.3) is 0 Å². The van der Waals surface area contributed by atoms with Crippen molar-refractivity contribution in [2.24, 2.45) is 10.9 Å². The number of aliphatic imine (C=N–C) groups is 1. The Labute approximate surface area is 208 Å². The molecule has 0 radical (unpaired) electrons. The average Bonchev–Trinajstić information content (AvgIpc) is 3.45. The van der Waals surface area contributed by atoms with E-state index in [9.17, 15) is 4.39 Å². The van der Waals surface area contributed by atoms with Crippen LogP contribution in [0, 0.1) is 11.7 Å². The van der Waals surface area contributed by atoms with E-state index in [2.05, 4.69) is 20.5 Å². The van der Waals surface area contributed by atoms with E-state index in [4.69, 9.17) is 9.47 Å². The molecule has 180 valence electrons. The standard InChI is InChI=1S/C24H37FN4O2.HI/c1-18(20-7-8-22(21(25)15-20)31-16-19-5-6-19)28-23(26-2)27-17-24(9-13-30-14-10-24)29-11-3-4-12-29;/h7-8,15,18-19H,3-6,9-14,16-17H2,1-2H3,(H2,26,27,28);1H. The maximum absolute atomic E-state index is 14.5. The van der Waals surface area contributed by atoms with Gasteiger partial charge in [0.25, 0.3) is 0 Å². The summed E-state index contributed by atoms with van der Waals surface area (Å²) in [6, 6.07) is 5.17. The lowest BCUT2D eigenvalue weighted by molar-refractivity contribution is -0.0164. The highest BCUT2D eigenvalue weighted by atomic mass is 127. The maximum atomic E-state index is 14.5. The molecule has 0 bridgehead atoms. The van der Waals surface area contributed by atoms with Crippen molar-refractivity contribution in [3.63, 3.8) is 0 Å². The summed E-state index contributed by atoms with van der Waals surface area (Å²) in [4.78, 5) is 7.05. The molecule has 1 aliphatic carbocycles. The number of nitrogens with one attached hydrogen (secondary N) is 2. The zero-order chi connectivity index (χ0) is 21.7. The first-order valence-corrected chi connectivity index (χ1v) is 11.8. The van der Waals surface area contributed by atoms with Gasteiger partial charge in [0.15, 0.2) is 17.5 Å². The van der Waals surface area contributed by atoms with E-state index < -0.39 is 0 Å². The fourth-order valence-corrected chi connectivity index (χ4v) is 4.67. The molecule has 1 unspecified atom stereocenters. The first-order chi connectivity index (χ1) is 15.1. The zero-order valence-electron chi connectivity index (χ0n) is 19.4. The molecule has 0 aromatic heterocycles. The first kappa shape index (κ1) is 25.5. The van der Waals surface area contributed by atoms with E-state index in [0.29, 0.717) is 18.3 Å². The van der Waals surface area contributed by atoms with Gasteiger partial charge in [-0.25, -0.2) is 4.39 Å². The molecule has 8 heteroatoms. The van der Waals surface area contributed by atoms with Gasteiger partial charge < -0.3 is 20.1 Å². The Balaban J connectivity index is 0.00000289. The van der Waals surface area contributed by atoms with E-state index in [0.717, 1.165) is 44.1 Å². The van der Waals surface area contributed by atoms with Gasteiger partial charge in [-0.15, -0.1) is 24.0 Å². The second-order valence-electron chi connectivity index (χ2n) is 9.27. The van der Waals surface area contributed by atoms with Crippen LogP contribution in [0.1, 0.15) is 57.1 Å². The van der Waals surface area contributed by atoms with Crippen molar-refractivity contribution in [2.75, 3.05) is 46.5 Å². The van der Waals surface area contributed by atoms with Crippen molar-refractivity contribution in [3.05, 3.63) is 29.6 Å². The van der Waals surface area contributed by atoms with Crippen LogP contribution in [0.15, 0.2) is 23.2 Å². The molecule has 2 saturated heterocycles. The SMILES string of the molecule is CN=C(NCC1(N2CCCC2)CCOCC1)NC(C)c1ccc(OCC2CC2)c(F)c1.I. The van der Waals surface area contributed by atoms with Crippen molar-refractivity contribution < 1.29 is 13.9 Å². The number of likely N-dealkylation sites (tertiary alicyclic amines) is 1. The second-order valence-corrected chi connectivity index (χ2v) is 9.27. The molecule has 2 N–H and O–H groups in total. The molecular weight excluding hydrogens is 522 g/mol.